The summed E-state index contributed by atoms with van der Waals surface area (Å²) in [6.45, 7) is 3.23. The van der Waals surface area contributed by atoms with Crippen LogP contribution in [0.3, 0.4) is 0 Å². The molecule has 0 radical (unpaired) electrons. The lowest BCUT2D eigenvalue weighted by Crippen LogP contribution is -2.61. The van der Waals surface area contributed by atoms with Crippen LogP contribution in [0.2, 0.25) is 0 Å². The lowest BCUT2D eigenvalue weighted by atomic mass is 9.75. The molecule has 3 fully saturated rings. The predicted octanol–water partition coefficient (Wildman–Crippen LogP) is 4.53. The Morgan fingerprint density at radius 1 is 1.06 bits per heavy atom. The molecule has 31 heavy (non-hydrogen) atoms. The number of amides is 1. The zero-order valence-corrected chi connectivity index (χ0v) is 18.6. The molecule has 2 aromatic carbocycles. The zero-order valence-electron chi connectivity index (χ0n) is 18.6. The number of nitrogens with zero attached hydrogens (tertiary/aromatic N) is 2. The molecule has 4 heteroatoms. The number of rotatable bonds is 5. The standard InChI is InChI=1S/C27H34N2O2/c1-28(25-20-27(13-6-17-31-27)14-12-24(25)29-15-7-16-29)26(30)19-21-8-5-11-23(18-21)22-9-3-2-4-10-22/h2-5,8-11,18,24-25H,6-7,12-17,19-20H2,1H3. The first-order valence-corrected chi connectivity index (χ1v) is 11.9. The zero-order chi connectivity index (χ0) is 21.3. The SMILES string of the molecule is CN(C(=O)Cc1cccc(-c2ccccc2)c1)C1CC2(CCCO2)CCC1N1CCC1. The first-order chi connectivity index (χ1) is 15.1. The van der Waals surface area contributed by atoms with Gasteiger partial charge in [0, 0.05) is 25.7 Å². The van der Waals surface area contributed by atoms with Gasteiger partial charge in [-0.25, -0.2) is 0 Å². The molecule has 1 spiro atoms. The van der Waals surface area contributed by atoms with E-state index in [0.29, 0.717) is 12.5 Å². The fourth-order valence-corrected chi connectivity index (χ4v) is 5.80. The molecule has 1 aliphatic carbocycles. The second-order valence-electron chi connectivity index (χ2n) is 9.65. The van der Waals surface area contributed by atoms with E-state index in [1.807, 2.05) is 13.1 Å². The maximum absolute atomic E-state index is 13.4. The van der Waals surface area contributed by atoms with Crippen molar-refractivity contribution in [3.8, 4) is 11.1 Å². The quantitative estimate of drug-likeness (QED) is 0.715. The monoisotopic (exact) mass is 418 g/mol. The second-order valence-corrected chi connectivity index (χ2v) is 9.65. The van der Waals surface area contributed by atoms with Crippen molar-refractivity contribution in [2.75, 3.05) is 26.7 Å². The molecule has 2 heterocycles. The first kappa shape index (κ1) is 20.7. The van der Waals surface area contributed by atoms with E-state index in [9.17, 15) is 4.79 Å². The highest BCUT2D eigenvalue weighted by molar-refractivity contribution is 5.79. The van der Waals surface area contributed by atoms with Crippen LogP contribution < -0.4 is 0 Å². The van der Waals surface area contributed by atoms with E-state index in [2.05, 4.69) is 58.3 Å². The molecule has 1 amide bonds. The molecule has 1 saturated carbocycles. The molecular weight excluding hydrogens is 384 g/mol. The summed E-state index contributed by atoms with van der Waals surface area (Å²) in [5, 5.41) is 0. The van der Waals surface area contributed by atoms with Gasteiger partial charge in [0.1, 0.15) is 0 Å². The van der Waals surface area contributed by atoms with Crippen LogP contribution in [0.15, 0.2) is 54.6 Å². The van der Waals surface area contributed by atoms with Crippen LogP contribution >= 0.6 is 0 Å². The normalized spacial score (nSPS) is 28.4. The molecule has 5 rings (SSSR count). The lowest BCUT2D eigenvalue weighted by Gasteiger charge is -2.51. The van der Waals surface area contributed by atoms with Gasteiger partial charge in [-0.15, -0.1) is 0 Å². The first-order valence-electron chi connectivity index (χ1n) is 11.9. The molecule has 0 bridgehead atoms. The summed E-state index contributed by atoms with van der Waals surface area (Å²) in [6, 6.07) is 19.5. The van der Waals surface area contributed by atoms with Gasteiger partial charge in [0.2, 0.25) is 5.91 Å². The number of benzene rings is 2. The molecule has 2 aliphatic heterocycles. The van der Waals surface area contributed by atoms with E-state index in [4.69, 9.17) is 4.74 Å². The highest BCUT2D eigenvalue weighted by Crippen LogP contribution is 2.43. The van der Waals surface area contributed by atoms with Crippen molar-refractivity contribution in [1.29, 1.82) is 0 Å². The van der Waals surface area contributed by atoms with Crippen molar-refractivity contribution < 1.29 is 9.53 Å². The van der Waals surface area contributed by atoms with Crippen LogP contribution in [-0.4, -0.2) is 60.1 Å². The van der Waals surface area contributed by atoms with Crippen LogP contribution in [-0.2, 0) is 16.0 Å². The van der Waals surface area contributed by atoms with Crippen molar-refractivity contribution in [3.05, 3.63) is 60.2 Å². The Morgan fingerprint density at radius 3 is 2.58 bits per heavy atom. The summed E-state index contributed by atoms with van der Waals surface area (Å²) in [4.78, 5) is 18.0. The number of hydrogen-bond acceptors (Lipinski definition) is 3. The van der Waals surface area contributed by atoms with Crippen molar-refractivity contribution in [1.82, 2.24) is 9.80 Å². The molecular formula is C27H34N2O2. The Labute approximate surface area is 186 Å². The highest BCUT2D eigenvalue weighted by Gasteiger charge is 2.47. The average molecular weight is 419 g/mol. The molecule has 3 aliphatic rings. The molecule has 3 atom stereocenters. The molecule has 4 nitrogen and oxygen atoms in total. The van der Waals surface area contributed by atoms with Crippen molar-refractivity contribution in [2.45, 2.75) is 62.6 Å². The predicted molar refractivity (Wildman–Crippen MR) is 124 cm³/mol. The summed E-state index contributed by atoms with van der Waals surface area (Å²) in [5.41, 5.74) is 3.45. The smallest absolute Gasteiger partial charge is 0.227 e. The molecule has 2 saturated heterocycles. The fourth-order valence-electron chi connectivity index (χ4n) is 5.80. The minimum absolute atomic E-state index is 0.00774. The van der Waals surface area contributed by atoms with Gasteiger partial charge in [-0.1, -0.05) is 54.6 Å². The lowest BCUT2D eigenvalue weighted by molar-refractivity contribution is -0.139. The number of likely N-dealkylation sites (N-methyl/N-ethyl adjacent to an activating group) is 1. The van der Waals surface area contributed by atoms with E-state index in [0.717, 1.165) is 44.3 Å². The molecule has 3 unspecified atom stereocenters. The van der Waals surface area contributed by atoms with E-state index >= 15 is 0 Å². The van der Waals surface area contributed by atoms with Crippen LogP contribution in [0, 0.1) is 0 Å². The maximum atomic E-state index is 13.4. The Bertz CT molecular complexity index is 902. The van der Waals surface area contributed by atoms with Gasteiger partial charge >= 0.3 is 0 Å². The highest BCUT2D eigenvalue weighted by atomic mass is 16.5. The Kier molecular flexibility index (Phi) is 5.85. The van der Waals surface area contributed by atoms with E-state index in [1.54, 1.807) is 0 Å². The maximum Gasteiger partial charge on any atom is 0.227 e. The van der Waals surface area contributed by atoms with Gasteiger partial charge in [-0.05, 0) is 68.3 Å². The number of ether oxygens (including phenoxy) is 1. The van der Waals surface area contributed by atoms with Gasteiger partial charge in [0.05, 0.1) is 12.0 Å². The van der Waals surface area contributed by atoms with Crippen molar-refractivity contribution in [2.24, 2.45) is 0 Å². The third-order valence-electron chi connectivity index (χ3n) is 7.75. The third kappa shape index (κ3) is 4.28. The molecule has 0 aromatic heterocycles. The number of carbonyl (C=O) groups is 1. The van der Waals surface area contributed by atoms with Crippen LogP contribution in [0.5, 0.6) is 0 Å². The van der Waals surface area contributed by atoms with E-state index in [-0.39, 0.29) is 17.6 Å². The van der Waals surface area contributed by atoms with Gasteiger partial charge in [0.25, 0.3) is 0 Å². The molecule has 2 aromatic rings. The van der Waals surface area contributed by atoms with Gasteiger partial charge in [-0.2, -0.15) is 0 Å². The number of hydrogen-bond donors (Lipinski definition) is 0. The van der Waals surface area contributed by atoms with Crippen LogP contribution in [0.1, 0.15) is 44.1 Å². The van der Waals surface area contributed by atoms with E-state index in [1.165, 1.54) is 30.6 Å². The van der Waals surface area contributed by atoms with Crippen LogP contribution in [0.4, 0.5) is 0 Å². The summed E-state index contributed by atoms with van der Waals surface area (Å²) in [6.07, 6.45) is 7.32. The third-order valence-corrected chi connectivity index (χ3v) is 7.75. The van der Waals surface area contributed by atoms with Gasteiger partial charge < -0.3 is 9.64 Å². The molecule has 164 valence electrons. The fraction of sp³-hybridized carbons (Fsp3) is 0.519. The van der Waals surface area contributed by atoms with Gasteiger partial charge in [0.15, 0.2) is 0 Å². The second kappa shape index (κ2) is 8.76. The number of likely N-dealkylation sites (tertiary alicyclic amines) is 1. The Balaban J connectivity index is 1.32. The van der Waals surface area contributed by atoms with Crippen molar-refractivity contribution >= 4 is 5.91 Å². The average Bonchev–Trinajstić information content (AvgIpc) is 3.22. The van der Waals surface area contributed by atoms with E-state index < -0.39 is 0 Å². The van der Waals surface area contributed by atoms with Crippen molar-refractivity contribution in [3.63, 3.8) is 0 Å². The van der Waals surface area contributed by atoms with Crippen LogP contribution in [0.25, 0.3) is 11.1 Å². The Morgan fingerprint density at radius 2 is 1.87 bits per heavy atom. The molecule has 0 N–H and O–H groups in total. The minimum Gasteiger partial charge on any atom is -0.375 e. The largest absolute Gasteiger partial charge is 0.375 e. The minimum atomic E-state index is 0.00774. The number of carbonyl (C=O) groups excluding carboxylic acids is 1. The topological polar surface area (TPSA) is 32.8 Å². The summed E-state index contributed by atoms with van der Waals surface area (Å²) in [5.74, 6) is 0.218. The summed E-state index contributed by atoms with van der Waals surface area (Å²) in [7, 11) is 2.02. The summed E-state index contributed by atoms with van der Waals surface area (Å²) < 4.78 is 6.25. The summed E-state index contributed by atoms with van der Waals surface area (Å²) >= 11 is 0. The Hall–Kier alpha value is -2.17. The van der Waals surface area contributed by atoms with Gasteiger partial charge in [-0.3, -0.25) is 9.69 Å².